The molecule has 0 aliphatic heterocycles. The molecule has 1 amide bonds. The van der Waals surface area contributed by atoms with E-state index in [0.717, 1.165) is 24.4 Å². The van der Waals surface area contributed by atoms with E-state index in [9.17, 15) is 4.79 Å². The van der Waals surface area contributed by atoms with Crippen LogP contribution in [0.1, 0.15) is 16.1 Å². The summed E-state index contributed by atoms with van der Waals surface area (Å²) in [6.45, 7) is 0. The molecule has 3 rings (SSSR count). The molecule has 0 bridgehead atoms. The Balaban J connectivity index is 1.73. The number of hydrazone groups is 1. The summed E-state index contributed by atoms with van der Waals surface area (Å²) in [6, 6.07) is 10.9. The van der Waals surface area contributed by atoms with Gasteiger partial charge in [-0.25, -0.2) is 5.43 Å². The molecule has 128 valence electrons. The van der Waals surface area contributed by atoms with Gasteiger partial charge in [0, 0.05) is 9.86 Å². The number of hydrogen-bond donors (Lipinski definition) is 1. The fourth-order valence-corrected chi connectivity index (χ4v) is 4.12. The summed E-state index contributed by atoms with van der Waals surface area (Å²) in [6.07, 6.45) is 1.53. The fourth-order valence-electron chi connectivity index (χ4n) is 2.20. The van der Waals surface area contributed by atoms with E-state index in [1.54, 1.807) is 19.2 Å². The van der Waals surface area contributed by atoms with Gasteiger partial charge in [0.1, 0.15) is 11.3 Å². The number of fused-ring (bicyclic) bond motifs is 1. The average molecular weight is 531 g/mol. The van der Waals surface area contributed by atoms with E-state index in [1.807, 2.05) is 24.3 Å². The summed E-state index contributed by atoms with van der Waals surface area (Å²) in [4.78, 5) is 12.2. The number of methoxy groups -OCH3 is 1. The van der Waals surface area contributed by atoms with Crippen LogP contribution < -0.4 is 10.2 Å². The first-order valence-electron chi connectivity index (χ1n) is 7.03. The molecule has 0 aliphatic carbocycles. The number of benzene rings is 2. The van der Waals surface area contributed by atoms with E-state index < -0.39 is 5.91 Å². The van der Waals surface area contributed by atoms with Crippen molar-refractivity contribution in [1.29, 1.82) is 0 Å². The van der Waals surface area contributed by atoms with Crippen LogP contribution in [0, 0.1) is 0 Å². The zero-order valence-electron chi connectivity index (χ0n) is 12.8. The van der Waals surface area contributed by atoms with Gasteiger partial charge in [-0.05, 0) is 73.8 Å². The standard InChI is InChI=1S/C17H11Br3N2O3/c1-24-16-12(19)4-9(5-13(16)20)8-21-22-17(23)15-7-10-6-11(18)2-3-14(10)25-15/h2-8H,1H3,(H,22,23)/b21-8+. The molecule has 0 saturated heterocycles. The van der Waals surface area contributed by atoms with Crippen molar-refractivity contribution in [3.05, 3.63) is 61.1 Å². The van der Waals surface area contributed by atoms with Crippen molar-refractivity contribution in [2.24, 2.45) is 5.10 Å². The lowest BCUT2D eigenvalue weighted by Gasteiger charge is -2.06. The minimum atomic E-state index is -0.421. The lowest BCUT2D eigenvalue weighted by Crippen LogP contribution is -2.16. The molecular weight excluding hydrogens is 520 g/mol. The van der Waals surface area contributed by atoms with Gasteiger partial charge >= 0.3 is 5.91 Å². The van der Waals surface area contributed by atoms with Crippen molar-refractivity contribution in [3.63, 3.8) is 0 Å². The molecule has 1 aromatic heterocycles. The second kappa shape index (κ2) is 7.72. The first kappa shape index (κ1) is 18.2. The van der Waals surface area contributed by atoms with Crippen LogP contribution in [0.2, 0.25) is 0 Å². The van der Waals surface area contributed by atoms with E-state index >= 15 is 0 Å². The maximum atomic E-state index is 12.2. The van der Waals surface area contributed by atoms with Crippen LogP contribution in [-0.2, 0) is 0 Å². The molecule has 0 unspecified atom stereocenters. The van der Waals surface area contributed by atoms with Crippen LogP contribution in [0.15, 0.2) is 59.3 Å². The van der Waals surface area contributed by atoms with Gasteiger partial charge in [0.2, 0.25) is 0 Å². The molecule has 2 aromatic carbocycles. The Morgan fingerprint density at radius 2 is 1.88 bits per heavy atom. The third-order valence-corrected chi connectivity index (χ3v) is 4.98. The van der Waals surface area contributed by atoms with Gasteiger partial charge in [0.15, 0.2) is 5.76 Å². The molecule has 0 atom stereocenters. The SMILES string of the molecule is COc1c(Br)cc(/C=N/NC(=O)c2cc3cc(Br)ccc3o2)cc1Br. The molecule has 8 heteroatoms. The number of halogens is 3. The summed E-state index contributed by atoms with van der Waals surface area (Å²) in [7, 11) is 1.59. The Morgan fingerprint density at radius 3 is 2.56 bits per heavy atom. The summed E-state index contributed by atoms with van der Waals surface area (Å²) < 4.78 is 13.2. The number of ether oxygens (including phenoxy) is 1. The van der Waals surface area contributed by atoms with Crippen LogP contribution in [-0.4, -0.2) is 19.2 Å². The topological polar surface area (TPSA) is 63.8 Å². The molecule has 0 fully saturated rings. The number of nitrogens with one attached hydrogen (secondary N) is 1. The average Bonchev–Trinajstić information content (AvgIpc) is 2.97. The van der Waals surface area contributed by atoms with E-state index in [1.165, 1.54) is 6.21 Å². The van der Waals surface area contributed by atoms with E-state index in [-0.39, 0.29) is 5.76 Å². The zero-order valence-corrected chi connectivity index (χ0v) is 17.6. The maximum Gasteiger partial charge on any atom is 0.307 e. The number of hydrogen-bond acceptors (Lipinski definition) is 4. The second-order valence-corrected chi connectivity index (χ2v) is 7.63. The van der Waals surface area contributed by atoms with Crippen molar-refractivity contribution in [2.75, 3.05) is 7.11 Å². The number of carbonyl (C=O) groups is 1. The first-order chi connectivity index (χ1) is 12.0. The monoisotopic (exact) mass is 528 g/mol. The molecule has 3 aromatic rings. The molecule has 0 aliphatic rings. The summed E-state index contributed by atoms with van der Waals surface area (Å²) >= 11 is 10.2. The van der Waals surface area contributed by atoms with Gasteiger partial charge in [0.25, 0.3) is 0 Å². The second-order valence-electron chi connectivity index (χ2n) is 5.01. The van der Waals surface area contributed by atoms with Crippen molar-refractivity contribution in [2.45, 2.75) is 0 Å². The summed E-state index contributed by atoms with van der Waals surface area (Å²) in [5, 5.41) is 4.81. The number of nitrogens with zero attached hydrogens (tertiary/aromatic N) is 1. The highest BCUT2D eigenvalue weighted by Gasteiger charge is 2.12. The van der Waals surface area contributed by atoms with Crippen LogP contribution in [0.5, 0.6) is 5.75 Å². The van der Waals surface area contributed by atoms with Crippen LogP contribution in [0.4, 0.5) is 0 Å². The minimum Gasteiger partial charge on any atom is -0.494 e. The lowest BCUT2D eigenvalue weighted by molar-refractivity contribution is 0.0929. The Labute approximate surface area is 168 Å². The molecule has 25 heavy (non-hydrogen) atoms. The molecule has 1 N–H and O–H groups in total. The minimum absolute atomic E-state index is 0.197. The third-order valence-electron chi connectivity index (χ3n) is 3.31. The van der Waals surface area contributed by atoms with Crippen LogP contribution >= 0.6 is 47.8 Å². The van der Waals surface area contributed by atoms with Gasteiger partial charge in [-0.2, -0.15) is 5.10 Å². The van der Waals surface area contributed by atoms with Crippen molar-refractivity contribution >= 4 is 70.9 Å². The lowest BCUT2D eigenvalue weighted by atomic mass is 10.2. The Morgan fingerprint density at radius 1 is 1.16 bits per heavy atom. The van der Waals surface area contributed by atoms with Crippen molar-refractivity contribution in [1.82, 2.24) is 5.43 Å². The number of carbonyl (C=O) groups excluding carboxylic acids is 1. The van der Waals surface area contributed by atoms with Crippen molar-refractivity contribution in [3.8, 4) is 5.75 Å². The maximum absolute atomic E-state index is 12.2. The van der Waals surface area contributed by atoms with Gasteiger partial charge in [-0.3, -0.25) is 4.79 Å². The molecule has 0 spiro atoms. The van der Waals surface area contributed by atoms with Gasteiger partial charge in [-0.1, -0.05) is 15.9 Å². The molecular formula is C17H11Br3N2O3. The zero-order chi connectivity index (χ0) is 18.0. The van der Waals surface area contributed by atoms with Crippen molar-refractivity contribution < 1.29 is 13.9 Å². The first-order valence-corrected chi connectivity index (χ1v) is 9.41. The normalized spacial score (nSPS) is 11.2. The van der Waals surface area contributed by atoms with Gasteiger partial charge < -0.3 is 9.15 Å². The summed E-state index contributed by atoms with van der Waals surface area (Å²) in [5.74, 6) is 0.465. The highest BCUT2D eigenvalue weighted by atomic mass is 79.9. The quantitative estimate of drug-likeness (QED) is 0.358. The fraction of sp³-hybridized carbons (Fsp3) is 0.0588. The van der Waals surface area contributed by atoms with E-state index in [4.69, 9.17) is 9.15 Å². The predicted molar refractivity (Wildman–Crippen MR) is 107 cm³/mol. The van der Waals surface area contributed by atoms with Gasteiger partial charge in [-0.15, -0.1) is 0 Å². The van der Waals surface area contributed by atoms with Crippen LogP contribution in [0.3, 0.4) is 0 Å². The number of rotatable bonds is 4. The number of furan rings is 1. The molecule has 1 heterocycles. The highest BCUT2D eigenvalue weighted by Crippen LogP contribution is 2.33. The summed E-state index contributed by atoms with van der Waals surface area (Å²) in [5.41, 5.74) is 3.88. The molecule has 5 nitrogen and oxygen atoms in total. The third kappa shape index (κ3) is 4.13. The largest absolute Gasteiger partial charge is 0.494 e. The Bertz CT molecular complexity index is 959. The Kier molecular flexibility index (Phi) is 5.61. The Hall–Kier alpha value is -1.64. The van der Waals surface area contributed by atoms with E-state index in [0.29, 0.717) is 11.3 Å². The smallest absolute Gasteiger partial charge is 0.307 e. The molecule has 0 radical (unpaired) electrons. The number of amides is 1. The highest BCUT2D eigenvalue weighted by molar-refractivity contribution is 9.11. The van der Waals surface area contributed by atoms with Gasteiger partial charge in [0.05, 0.1) is 22.3 Å². The molecule has 0 saturated carbocycles. The predicted octanol–water partition coefficient (Wildman–Crippen LogP) is 5.49. The van der Waals surface area contributed by atoms with E-state index in [2.05, 4.69) is 58.3 Å². The van der Waals surface area contributed by atoms with Crippen LogP contribution in [0.25, 0.3) is 11.0 Å².